The normalized spacial score (nSPS) is 17.9. The molecule has 1 amide bonds. The van der Waals surface area contributed by atoms with Crippen molar-refractivity contribution < 1.29 is 18.0 Å². The highest BCUT2D eigenvalue weighted by Gasteiger charge is 2.30. The van der Waals surface area contributed by atoms with Crippen molar-refractivity contribution in [2.24, 2.45) is 5.92 Å². The maximum absolute atomic E-state index is 13.1. The summed E-state index contributed by atoms with van der Waals surface area (Å²) >= 11 is 0. The average molecular weight is 520 g/mol. The molecule has 0 spiro atoms. The van der Waals surface area contributed by atoms with E-state index in [0.717, 1.165) is 16.7 Å². The molecule has 3 N–H and O–H groups in total. The zero-order valence-corrected chi connectivity index (χ0v) is 21.7. The first-order valence-corrected chi connectivity index (χ1v) is 14.0. The molecular weight excluding hydrogens is 486 g/mol. The van der Waals surface area contributed by atoms with Gasteiger partial charge in [-0.15, -0.1) is 0 Å². The predicted octanol–water partition coefficient (Wildman–Crippen LogP) is 3.02. The van der Waals surface area contributed by atoms with Crippen LogP contribution in [-0.4, -0.2) is 45.8 Å². The second-order valence-electron chi connectivity index (χ2n) is 9.55. The van der Waals surface area contributed by atoms with E-state index in [1.54, 1.807) is 12.1 Å². The van der Waals surface area contributed by atoms with Gasteiger partial charge in [0.15, 0.2) is 0 Å². The number of nitrogens with one attached hydrogen (secondary N) is 3. The van der Waals surface area contributed by atoms with E-state index < -0.39 is 16.1 Å². The van der Waals surface area contributed by atoms with Crippen molar-refractivity contribution in [1.29, 1.82) is 0 Å². The molecule has 0 saturated carbocycles. The number of piperidine rings is 1. The van der Waals surface area contributed by atoms with E-state index >= 15 is 0 Å². The van der Waals surface area contributed by atoms with Crippen molar-refractivity contribution in [3.05, 3.63) is 102 Å². The Labute approximate surface area is 218 Å². The second kappa shape index (κ2) is 12.3. The van der Waals surface area contributed by atoms with Crippen LogP contribution >= 0.6 is 0 Å². The van der Waals surface area contributed by atoms with Crippen LogP contribution in [0.3, 0.4) is 0 Å². The molecule has 194 valence electrons. The maximum atomic E-state index is 13.1. The van der Waals surface area contributed by atoms with Crippen LogP contribution in [-0.2, 0) is 26.0 Å². The monoisotopic (exact) mass is 519 g/mol. The fourth-order valence-electron chi connectivity index (χ4n) is 4.74. The summed E-state index contributed by atoms with van der Waals surface area (Å²) in [6, 6.07) is 26.1. The lowest BCUT2D eigenvalue weighted by molar-refractivity contribution is -0.125. The van der Waals surface area contributed by atoms with Crippen LogP contribution in [0.25, 0.3) is 0 Å². The Kier molecular flexibility index (Phi) is 8.87. The Morgan fingerprint density at radius 3 is 2.05 bits per heavy atom. The standard InChI is InChI=1S/C29H33N3O4S/c1-21(33)16-22-12-14-27(15-13-22)37(35,36)32-26-17-25(18-30-19-26)29(34)31-20-28(23-8-4-2-5-9-23)24-10-6-3-7-11-24/h2-15,25-26,28,30,32H,16-20H2,1H3,(H,31,34)/t25-,26+/m0/s1. The molecule has 37 heavy (non-hydrogen) atoms. The number of amides is 1. The average Bonchev–Trinajstić information content (AvgIpc) is 2.90. The lowest BCUT2D eigenvalue weighted by atomic mass is 9.90. The summed E-state index contributed by atoms with van der Waals surface area (Å²) in [5, 5.41) is 6.30. The van der Waals surface area contributed by atoms with Gasteiger partial charge in [-0.2, -0.15) is 0 Å². The number of benzene rings is 3. The lowest BCUT2D eigenvalue weighted by Gasteiger charge is -2.30. The number of carbonyl (C=O) groups excluding carboxylic acids is 2. The Morgan fingerprint density at radius 1 is 0.892 bits per heavy atom. The number of carbonyl (C=O) groups is 2. The van der Waals surface area contributed by atoms with Gasteiger partial charge in [0.05, 0.1) is 10.8 Å². The molecule has 0 bridgehead atoms. The van der Waals surface area contributed by atoms with E-state index in [0.29, 0.717) is 26.1 Å². The van der Waals surface area contributed by atoms with E-state index in [2.05, 4.69) is 39.6 Å². The minimum absolute atomic E-state index is 0.0168. The molecule has 0 aromatic heterocycles. The first kappa shape index (κ1) is 26.7. The molecule has 1 saturated heterocycles. The minimum Gasteiger partial charge on any atom is -0.355 e. The second-order valence-corrected chi connectivity index (χ2v) is 11.3. The smallest absolute Gasteiger partial charge is 0.240 e. The largest absolute Gasteiger partial charge is 0.355 e. The maximum Gasteiger partial charge on any atom is 0.240 e. The summed E-state index contributed by atoms with van der Waals surface area (Å²) in [4.78, 5) is 24.6. The fraction of sp³-hybridized carbons (Fsp3) is 0.310. The van der Waals surface area contributed by atoms with Gasteiger partial charge < -0.3 is 10.6 Å². The van der Waals surface area contributed by atoms with Crippen molar-refractivity contribution in [3.8, 4) is 0 Å². The zero-order chi connectivity index (χ0) is 26.3. The zero-order valence-electron chi connectivity index (χ0n) is 20.9. The van der Waals surface area contributed by atoms with Crippen LogP contribution < -0.4 is 15.4 Å². The summed E-state index contributed by atoms with van der Waals surface area (Å²) in [7, 11) is -3.76. The summed E-state index contributed by atoms with van der Waals surface area (Å²) in [5.74, 6) is -0.415. The number of rotatable bonds is 10. The third kappa shape index (κ3) is 7.35. The summed E-state index contributed by atoms with van der Waals surface area (Å²) in [6.07, 6.45) is 0.675. The van der Waals surface area contributed by atoms with E-state index in [-0.39, 0.29) is 34.8 Å². The van der Waals surface area contributed by atoms with Crippen molar-refractivity contribution in [1.82, 2.24) is 15.4 Å². The van der Waals surface area contributed by atoms with Crippen LogP contribution in [0.2, 0.25) is 0 Å². The fourth-order valence-corrected chi connectivity index (χ4v) is 5.99. The molecule has 0 unspecified atom stereocenters. The molecule has 8 heteroatoms. The molecule has 1 fully saturated rings. The van der Waals surface area contributed by atoms with Crippen molar-refractivity contribution >= 4 is 21.7 Å². The topological polar surface area (TPSA) is 104 Å². The molecule has 1 heterocycles. The predicted molar refractivity (Wildman–Crippen MR) is 144 cm³/mol. The van der Waals surface area contributed by atoms with E-state index in [1.807, 2.05) is 36.4 Å². The molecule has 3 aromatic carbocycles. The molecule has 0 radical (unpaired) electrons. The Bertz CT molecular complexity index is 1260. The van der Waals surface area contributed by atoms with Crippen molar-refractivity contribution in [3.63, 3.8) is 0 Å². The third-order valence-corrected chi connectivity index (χ3v) is 8.15. The Balaban J connectivity index is 1.37. The highest BCUT2D eigenvalue weighted by atomic mass is 32.2. The number of hydrogen-bond donors (Lipinski definition) is 3. The third-order valence-electron chi connectivity index (χ3n) is 6.61. The van der Waals surface area contributed by atoms with Gasteiger partial charge in [-0.25, -0.2) is 13.1 Å². The van der Waals surface area contributed by atoms with Crippen LogP contribution in [0, 0.1) is 5.92 Å². The number of Topliss-reactive ketones (excluding diaryl/α,β-unsaturated/α-hetero) is 1. The first-order chi connectivity index (χ1) is 17.8. The van der Waals surface area contributed by atoms with Crippen LogP contribution in [0.1, 0.15) is 36.0 Å². The summed E-state index contributed by atoms with van der Waals surface area (Å²) in [6.45, 7) is 2.89. The number of hydrogen-bond acceptors (Lipinski definition) is 5. The molecular formula is C29H33N3O4S. The number of ketones is 1. The Hall–Kier alpha value is -3.33. The van der Waals surface area contributed by atoms with Gasteiger partial charge in [-0.05, 0) is 42.2 Å². The molecule has 1 aliphatic rings. The molecule has 3 aromatic rings. The van der Waals surface area contributed by atoms with Gasteiger partial charge in [-0.1, -0.05) is 72.8 Å². The van der Waals surface area contributed by atoms with Crippen molar-refractivity contribution in [2.45, 2.75) is 36.6 Å². The van der Waals surface area contributed by atoms with Gasteiger partial charge in [0, 0.05) is 38.0 Å². The van der Waals surface area contributed by atoms with E-state index in [4.69, 9.17) is 0 Å². The van der Waals surface area contributed by atoms with Gasteiger partial charge in [0.2, 0.25) is 15.9 Å². The molecule has 1 aliphatic heterocycles. The summed E-state index contributed by atoms with van der Waals surface area (Å²) < 4.78 is 28.6. The van der Waals surface area contributed by atoms with Crippen LogP contribution in [0.4, 0.5) is 0 Å². The molecule has 2 atom stereocenters. The summed E-state index contributed by atoms with van der Waals surface area (Å²) in [5.41, 5.74) is 3.01. The highest BCUT2D eigenvalue weighted by molar-refractivity contribution is 7.89. The lowest BCUT2D eigenvalue weighted by Crippen LogP contribution is -2.52. The first-order valence-electron chi connectivity index (χ1n) is 12.5. The molecule has 4 rings (SSSR count). The van der Waals surface area contributed by atoms with Crippen LogP contribution in [0.5, 0.6) is 0 Å². The quantitative estimate of drug-likeness (QED) is 0.382. The van der Waals surface area contributed by atoms with Gasteiger partial charge >= 0.3 is 0 Å². The van der Waals surface area contributed by atoms with E-state index in [1.165, 1.54) is 19.1 Å². The number of sulfonamides is 1. The molecule has 0 aliphatic carbocycles. The van der Waals surface area contributed by atoms with Gasteiger partial charge in [0.25, 0.3) is 0 Å². The molecule has 7 nitrogen and oxygen atoms in total. The highest BCUT2D eigenvalue weighted by Crippen LogP contribution is 2.24. The van der Waals surface area contributed by atoms with Gasteiger partial charge in [0.1, 0.15) is 5.78 Å². The van der Waals surface area contributed by atoms with Crippen molar-refractivity contribution in [2.75, 3.05) is 19.6 Å². The SMILES string of the molecule is CC(=O)Cc1ccc(S(=O)(=O)N[C@H]2CNC[C@@H](C(=O)NCC(c3ccccc3)c3ccccc3)C2)cc1. The van der Waals surface area contributed by atoms with E-state index in [9.17, 15) is 18.0 Å². The van der Waals surface area contributed by atoms with Crippen LogP contribution in [0.15, 0.2) is 89.8 Å². The Morgan fingerprint density at radius 2 is 1.49 bits per heavy atom. The van der Waals surface area contributed by atoms with Gasteiger partial charge in [-0.3, -0.25) is 9.59 Å². The minimum atomic E-state index is -3.76.